The van der Waals surface area contributed by atoms with Crippen LogP contribution in [0.4, 0.5) is 17.3 Å². The molecule has 5 aromatic rings. The highest BCUT2D eigenvalue weighted by molar-refractivity contribution is 6.23. The Morgan fingerprint density at radius 2 is 1.67 bits per heavy atom. The first kappa shape index (κ1) is 42.5. The Bertz CT molecular complexity index is 2620. The van der Waals surface area contributed by atoms with Crippen molar-refractivity contribution in [2.24, 2.45) is 5.92 Å². The lowest BCUT2D eigenvalue weighted by Gasteiger charge is -2.38. The molecule has 0 bridgehead atoms. The molecule has 332 valence electrons. The molecule has 0 radical (unpaired) electrons. The maximum Gasteiger partial charge on any atom is 0.273 e. The molecular formula is C46H53N13O5. The van der Waals surface area contributed by atoms with Gasteiger partial charge in [0.25, 0.3) is 17.7 Å². The zero-order valence-electron chi connectivity index (χ0n) is 36.6. The third-order valence-electron chi connectivity index (χ3n) is 12.9. The SMILES string of the molecule is Cc1cc(-c2ccnc(Nc3cnn(C4CCN(CC5CCN(c6ccc7c(c6)C(=O)N(C6CCC(=O)NC6=O)C7=O)CC5)CC4)c3)n2)ccc1CNC(=O)c1cn(C(C)(C)C)nn1. The number of anilines is 3. The van der Waals surface area contributed by atoms with E-state index in [9.17, 15) is 24.0 Å². The Balaban J connectivity index is 0.727. The van der Waals surface area contributed by atoms with E-state index in [1.807, 2.05) is 64.4 Å². The van der Waals surface area contributed by atoms with Crippen molar-refractivity contribution in [2.45, 2.75) is 90.4 Å². The summed E-state index contributed by atoms with van der Waals surface area (Å²) in [6.45, 7) is 13.1. The number of nitrogens with one attached hydrogen (secondary N) is 3. The van der Waals surface area contributed by atoms with Crippen molar-refractivity contribution < 1.29 is 24.0 Å². The standard InChI is InChI=1S/C46H53N13O5/c1-28-21-30(5-6-31(28)23-48-41(61)38-27-58(54-53-38)46(2,3)4)37-11-16-47-45(51-37)50-32-24-49-57(26-32)33-14-17-55(18-15-33)25-29-12-19-56(20-13-29)34-7-8-35-36(22-34)44(64)59(43(35)63)39-9-10-40(60)52-42(39)62/h5-8,11,16,21-22,24,26-27,29,33,39H,9-10,12-15,17-20,23,25H2,1-4H3,(H,48,61)(H,47,50,51)(H,52,60,62). The lowest BCUT2D eigenvalue weighted by Crippen LogP contribution is -2.54. The molecule has 18 heteroatoms. The van der Waals surface area contributed by atoms with E-state index in [-0.39, 0.29) is 30.0 Å². The number of aromatic nitrogens is 7. The maximum absolute atomic E-state index is 13.4. The van der Waals surface area contributed by atoms with Gasteiger partial charge in [0, 0.05) is 69.3 Å². The lowest BCUT2D eigenvalue weighted by molar-refractivity contribution is -0.136. The average Bonchev–Trinajstić information content (AvgIpc) is 4.03. The number of hydrogen-bond acceptors (Lipinski definition) is 13. The van der Waals surface area contributed by atoms with Crippen LogP contribution >= 0.6 is 0 Å². The second-order valence-corrected chi connectivity index (χ2v) is 18.3. The largest absolute Gasteiger partial charge is 0.371 e. The van der Waals surface area contributed by atoms with Gasteiger partial charge in [-0.2, -0.15) is 5.10 Å². The molecule has 64 heavy (non-hydrogen) atoms. The predicted molar refractivity (Wildman–Crippen MR) is 237 cm³/mol. The zero-order valence-corrected chi connectivity index (χ0v) is 36.6. The Labute approximate surface area is 370 Å². The number of benzene rings is 2. The molecule has 4 aliphatic rings. The van der Waals surface area contributed by atoms with Crippen LogP contribution in [0.25, 0.3) is 11.3 Å². The average molecular weight is 868 g/mol. The molecule has 3 N–H and O–H groups in total. The van der Waals surface area contributed by atoms with Crippen molar-refractivity contribution in [3.63, 3.8) is 0 Å². The number of nitrogens with zero attached hydrogens (tertiary/aromatic N) is 10. The van der Waals surface area contributed by atoms with Crippen molar-refractivity contribution in [1.29, 1.82) is 0 Å². The molecule has 3 aromatic heterocycles. The van der Waals surface area contributed by atoms with Crippen LogP contribution in [0, 0.1) is 12.8 Å². The third-order valence-corrected chi connectivity index (χ3v) is 12.9. The molecule has 3 fully saturated rings. The fourth-order valence-electron chi connectivity index (χ4n) is 9.09. The zero-order chi connectivity index (χ0) is 44.7. The summed E-state index contributed by atoms with van der Waals surface area (Å²) in [5.74, 6) is -1.19. The molecule has 0 aliphatic carbocycles. The normalized spacial score (nSPS) is 19.0. The molecule has 1 atom stereocenters. The van der Waals surface area contributed by atoms with E-state index >= 15 is 0 Å². The van der Waals surface area contributed by atoms with Crippen LogP contribution in [0.15, 0.2) is 67.3 Å². The first-order valence-corrected chi connectivity index (χ1v) is 22.1. The number of likely N-dealkylation sites (tertiary alicyclic amines) is 1. The van der Waals surface area contributed by atoms with Crippen molar-refractivity contribution >= 4 is 46.9 Å². The summed E-state index contributed by atoms with van der Waals surface area (Å²) in [4.78, 5) is 78.5. The minimum absolute atomic E-state index is 0.0932. The van der Waals surface area contributed by atoms with Crippen molar-refractivity contribution in [3.8, 4) is 11.3 Å². The number of carbonyl (C=O) groups is 5. The first-order valence-electron chi connectivity index (χ1n) is 22.1. The monoisotopic (exact) mass is 867 g/mol. The summed E-state index contributed by atoms with van der Waals surface area (Å²) in [6.07, 6.45) is 11.5. The van der Waals surface area contributed by atoms with E-state index < -0.39 is 29.7 Å². The van der Waals surface area contributed by atoms with Crippen LogP contribution in [-0.2, 0) is 21.7 Å². The molecule has 0 saturated carbocycles. The number of imide groups is 2. The van der Waals surface area contributed by atoms with E-state index in [0.29, 0.717) is 35.6 Å². The highest BCUT2D eigenvalue weighted by Crippen LogP contribution is 2.33. The van der Waals surface area contributed by atoms with Crippen molar-refractivity contribution in [3.05, 3.63) is 95.2 Å². The van der Waals surface area contributed by atoms with E-state index in [4.69, 9.17) is 10.1 Å². The number of hydrogen-bond donors (Lipinski definition) is 3. The van der Waals surface area contributed by atoms with Gasteiger partial charge in [-0.3, -0.25) is 38.9 Å². The van der Waals surface area contributed by atoms with Crippen LogP contribution in [0.2, 0.25) is 0 Å². The van der Waals surface area contributed by atoms with Crippen molar-refractivity contribution in [1.82, 2.24) is 55.2 Å². The molecule has 9 rings (SSSR count). The van der Waals surface area contributed by atoms with Gasteiger partial charge in [0.15, 0.2) is 5.69 Å². The minimum Gasteiger partial charge on any atom is -0.371 e. The van der Waals surface area contributed by atoms with E-state index in [0.717, 1.165) is 97.1 Å². The van der Waals surface area contributed by atoms with E-state index in [1.54, 1.807) is 29.2 Å². The first-order chi connectivity index (χ1) is 30.8. The van der Waals surface area contributed by atoms with Crippen LogP contribution in [0.1, 0.15) is 108 Å². The number of aryl methyl sites for hydroxylation is 1. The molecule has 3 saturated heterocycles. The van der Waals surface area contributed by atoms with Gasteiger partial charge in [-0.1, -0.05) is 17.3 Å². The van der Waals surface area contributed by atoms with Gasteiger partial charge in [-0.05, 0) is 107 Å². The Morgan fingerprint density at radius 1 is 0.891 bits per heavy atom. The maximum atomic E-state index is 13.4. The number of piperidine rings is 3. The second-order valence-electron chi connectivity index (χ2n) is 18.3. The third kappa shape index (κ3) is 8.86. The Kier molecular flexibility index (Phi) is 11.5. The summed E-state index contributed by atoms with van der Waals surface area (Å²) in [5, 5.41) is 21.4. The topological polar surface area (TPSA) is 205 Å². The van der Waals surface area contributed by atoms with E-state index in [1.165, 1.54) is 0 Å². The molecule has 7 heterocycles. The molecular weight excluding hydrogens is 815 g/mol. The highest BCUT2D eigenvalue weighted by Gasteiger charge is 2.45. The van der Waals surface area contributed by atoms with Gasteiger partial charge in [0.1, 0.15) is 6.04 Å². The number of fused-ring (bicyclic) bond motifs is 1. The minimum atomic E-state index is -0.971. The van der Waals surface area contributed by atoms with Crippen LogP contribution in [0.3, 0.4) is 0 Å². The number of rotatable bonds is 11. The summed E-state index contributed by atoms with van der Waals surface area (Å²) >= 11 is 0. The van der Waals surface area contributed by atoms with Gasteiger partial charge in [-0.25, -0.2) is 14.6 Å². The van der Waals surface area contributed by atoms with Crippen LogP contribution < -0.4 is 20.9 Å². The molecule has 0 spiro atoms. The summed E-state index contributed by atoms with van der Waals surface area (Å²) in [6, 6.07) is 12.6. The molecule has 18 nitrogen and oxygen atoms in total. The summed E-state index contributed by atoms with van der Waals surface area (Å²) in [7, 11) is 0. The van der Waals surface area contributed by atoms with E-state index in [2.05, 4.69) is 51.8 Å². The Hall–Kier alpha value is -6.82. The molecule has 2 aromatic carbocycles. The van der Waals surface area contributed by atoms with Gasteiger partial charge < -0.3 is 20.4 Å². The van der Waals surface area contributed by atoms with Gasteiger partial charge in [-0.15, -0.1) is 5.10 Å². The molecule has 5 amide bonds. The number of amides is 5. The lowest BCUT2D eigenvalue weighted by atomic mass is 9.94. The quantitative estimate of drug-likeness (QED) is 0.155. The van der Waals surface area contributed by atoms with Gasteiger partial charge in [0.2, 0.25) is 17.8 Å². The number of carbonyl (C=O) groups excluding carboxylic acids is 5. The summed E-state index contributed by atoms with van der Waals surface area (Å²) < 4.78 is 3.73. The fraction of sp³-hybridized carbons (Fsp3) is 0.435. The molecule has 1 unspecified atom stereocenters. The summed E-state index contributed by atoms with van der Waals surface area (Å²) in [5.41, 5.74) is 6.09. The van der Waals surface area contributed by atoms with Crippen molar-refractivity contribution in [2.75, 3.05) is 42.9 Å². The Morgan fingerprint density at radius 3 is 2.41 bits per heavy atom. The second kappa shape index (κ2) is 17.4. The molecule has 4 aliphatic heterocycles. The van der Waals surface area contributed by atoms with Gasteiger partial charge in [0.05, 0.1) is 46.5 Å². The predicted octanol–water partition coefficient (Wildman–Crippen LogP) is 4.62. The van der Waals surface area contributed by atoms with Gasteiger partial charge >= 0.3 is 0 Å². The smallest absolute Gasteiger partial charge is 0.273 e. The fourth-order valence-corrected chi connectivity index (χ4v) is 9.09. The highest BCUT2D eigenvalue weighted by atomic mass is 16.2. The van der Waals surface area contributed by atoms with Crippen LogP contribution in [-0.4, -0.2) is 113 Å². The van der Waals surface area contributed by atoms with Crippen LogP contribution in [0.5, 0.6) is 0 Å².